The monoisotopic (exact) mass is 170 g/mol. The van der Waals surface area contributed by atoms with Crippen molar-refractivity contribution in [2.24, 2.45) is 0 Å². The van der Waals surface area contributed by atoms with Gasteiger partial charge in [-0.05, 0) is 23.9 Å². The molecule has 1 heterocycles. The van der Waals surface area contributed by atoms with Crippen molar-refractivity contribution in [3.8, 4) is 0 Å². The predicted molar refractivity (Wildman–Crippen MR) is 54.2 cm³/mol. The largest absolute Gasteiger partial charge is 0.313 e. The lowest BCUT2D eigenvalue weighted by Gasteiger charge is -2.01. The molecule has 0 amide bonds. The molecule has 0 fully saturated rings. The van der Waals surface area contributed by atoms with Crippen LogP contribution in [0.1, 0.15) is 5.56 Å². The summed E-state index contributed by atoms with van der Waals surface area (Å²) >= 11 is 0. The van der Waals surface area contributed by atoms with E-state index >= 15 is 0 Å². The summed E-state index contributed by atoms with van der Waals surface area (Å²) in [4.78, 5) is 4.25. The Hall–Kier alpha value is -1.70. The molecular formula is C11H10N2. The molecule has 0 aliphatic heterocycles. The fourth-order valence-corrected chi connectivity index (χ4v) is 1.44. The second-order valence-electron chi connectivity index (χ2n) is 2.90. The van der Waals surface area contributed by atoms with Gasteiger partial charge in [-0.25, -0.2) is 0 Å². The van der Waals surface area contributed by atoms with Crippen LogP contribution in [-0.4, -0.2) is 11.2 Å². The third-order valence-electron chi connectivity index (χ3n) is 2.06. The molecule has 0 saturated heterocycles. The standard InChI is InChI=1S/C11H10N2/c12-7-5-9-6-8-13-11-4-2-1-3-10(9)11/h1-4,6-8,12H,5H2. The molecule has 1 N–H and O–H groups in total. The summed E-state index contributed by atoms with van der Waals surface area (Å²) in [7, 11) is 0. The summed E-state index contributed by atoms with van der Waals surface area (Å²) in [6.07, 6.45) is 3.89. The van der Waals surface area contributed by atoms with Gasteiger partial charge in [0, 0.05) is 18.0 Å². The second kappa shape index (κ2) is 3.35. The Balaban J connectivity index is 2.68. The zero-order chi connectivity index (χ0) is 9.10. The van der Waals surface area contributed by atoms with E-state index in [4.69, 9.17) is 5.41 Å². The minimum atomic E-state index is 0.684. The topological polar surface area (TPSA) is 36.7 Å². The van der Waals surface area contributed by atoms with E-state index in [1.165, 1.54) is 11.8 Å². The van der Waals surface area contributed by atoms with Crippen molar-refractivity contribution in [2.75, 3.05) is 0 Å². The molecule has 0 atom stereocenters. The normalized spacial score (nSPS) is 10.2. The van der Waals surface area contributed by atoms with Gasteiger partial charge in [0.15, 0.2) is 0 Å². The summed E-state index contributed by atoms with van der Waals surface area (Å²) in [5.41, 5.74) is 2.17. The summed E-state index contributed by atoms with van der Waals surface area (Å²) in [6.45, 7) is 0. The quantitative estimate of drug-likeness (QED) is 0.690. The Kier molecular flexibility index (Phi) is 2.04. The fourth-order valence-electron chi connectivity index (χ4n) is 1.44. The van der Waals surface area contributed by atoms with Crippen LogP contribution >= 0.6 is 0 Å². The Labute approximate surface area is 76.7 Å². The van der Waals surface area contributed by atoms with Gasteiger partial charge in [0.25, 0.3) is 0 Å². The zero-order valence-electron chi connectivity index (χ0n) is 7.20. The third kappa shape index (κ3) is 1.43. The van der Waals surface area contributed by atoms with E-state index in [2.05, 4.69) is 4.98 Å². The van der Waals surface area contributed by atoms with Crippen LogP contribution in [0.15, 0.2) is 36.5 Å². The molecular weight excluding hydrogens is 160 g/mol. The number of nitrogens with zero attached hydrogens (tertiary/aromatic N) is 1. The number of benzene rings is 1. The first-order valence-electron chi connectivity index (χ1n) is 4.23. The Morgan fingerprint density at radius 3 is 2.92 bits per heavy atom. The lowest BCUT2D eigenvalue weighted by molar-refractivity contribution is 1.31. The molecule has 0 aliphatic carbocycles. The summed E-state index contributed by atoms with van der Waals surface area (Å²) in [6, 6.07) is 9.97. The van der Waals surface area contributed by atoms with Gasteiger partial charge >= 0.3 is 0 Å². The van der Waals surface area contributed by atoms with Crippen molar-refractivity contribution in [1.82, 2.24) is 4.98 Å². The van der Waals surface area contributed by atoms with E-state index in [0.717, 1.165) is 10.9 Å². The van der Waals surface area contributed by atoms with E-state index in [9.17, 15) is 0 Å². The highest BCUT2D eigenvalue weighted by molar-refractivity contribution is 5.83. The number of hydrogen-bond donors (Lipinski definition) is 1. The highest BCUT2D eigenvalue weighted by Crippen LogP contribution is 2.15. The lowest BCUT2D eigenvalue weighted by Crippen LogP contribution is -1.88. The SMILES string of the molecule is N=CCc1ccnc2ccccc12. The zero-order valence-corrected chi connectivity index (χ0v) is 7.20. The molecule has 0 bridgehead atoms. The van der Waals surface area contributed by atoms with E-state index in [1.54, 1.807) is 6.20 Å². The first-order chi connectivity index (χ1) is 6.42. The first-order valence-corrected chi connectivity index (χ1v) is 4.23. The third-order valence-corrected chi connectivity index (χ3v) is 2.06. The molecule has 13 heavy (non-hydrogen) atoms. The molecule has 2 heteroatoms. The number of para-hydroxylation sites is 1. The van der Waals surface area contributed by atoms with Crippen LogP contribution in [0.25, 0.3) is 10.9 Å². The average Bonchev–Trinajstić information content (AvgIpc) is 2.19. The molecule has 0 saturated carbocycles. The van der Waals surface area contributed by atoms with E-state index in [0.29, 0.717) is 6.42 Å². The summed E-state index contributed by atoms with van der Waals surface area (Å²) < 4.78 is 0. The van der Waals surface area contributed by atoms with Crippen molar-refractivity contribution >= 4 is 17.1 Å². The van der Waals surface area contributed by atoms with E-state index in [1.807, 2.05) is 30.3 Å². The summed E-state index contributed by atoms with van der Waals surface area (Å²) in [5.74, 6) is 0. The minimum absolute atomic E-state index is 0.684. The van der Waals surface area contributed by atoms with E-state index < -0.39 is 0 Å². The number of aromatic nitrogens is 1. The first kappa shape index (κ1) is 7.92. The highest BCUT2D eigenvalue weighted by Gasteiger charge is 1.98. The van der Waals surface area contributed by atoms with Crippen molar-refractivity contribution in [3.05, 3.63) is 42.1 Å². The van der Waals surface area contributed by atoms with Gasteiger partial charge in [0.1, 0.15) is 0 Å². The number of pyridine rings is 1. The van der Waals surface area contributed by atoms with Crippen LogP contribution < -0.4 is 0 Å². The molecule has 2 aromatic rings. The van der Waals surface area contributed by atoms with Crippen LogP contribution in [0.5, 0.6) is 0 Å². The van der Waals surface area contributed by atoms with Gasteiger partial charge < -0.3 is 5.41 Å². The van der Waals surface area contributed by atoms with Crippen LogP contribution in [0.2, 0.25) is 0 Å². The molecule has 0 spiro atoms. The average molecular weight is 170 g/mol. The maximum Gasteiger partial charge on any atom is 0.0704 e. The number of rotatable bonds is 2. The van der Waals surface area contributed by atoms with Gasteiger partial charge in [-0.1, -0.05) is 18.2 Å². The number of fused-ring (bicyclic) bond motifs is 1. The van der Waals surface area contributed by atoms with Gasteiger partial charge in [0.2, 0.25) is 0 Å². The molecule has 0 radical (unpaired) electrons. The Morgan fingerprint density at radius 2 is 2.08 bits per heavy atom. The van der Waals surface area contributed by atoms with Crippen LogP contribution in [0.4, 0.5) is 0 Å². The van der Waals surface area contributed by atoms with Crippen LogP contribution in [-0.2, 0) is 6.42 Å². The lowest BCUT2D eigenvalue weighted by atomic mass is 10.1. The predicted octanol–water partition coefficient (Wildman–Crippen LogP) is 2.43. The smallest absolute Gasteiger partial charge is 0.0704 e. The second-order valence-corrected chi connectivity index (χ2v) is 2.90. The van der Waals surface area contributed by atoms with E-state index in [-0.39, 0.29) is 0 Å². The van der Waals surface area contributed by atoms with Crippen LogP contribution in [0.3, 0.4) is 0 Å². The molecule has 64 valence electrons. The van der Waals surface area contributed by atoms with Crippen LogP contribution in [0, 0.1) is 5.41 Å². The molecule has 2 rings (SSSR count). The molecule has 1 aromatic heterocycles. The Bertz CT molecular complexity index is 430. The number of hydrogen-bond acceptors (Lipinski definition) is 2. The maximum absolute atomic E-state index is 7.07. The van der Waals surface area contributed by atoms with Crippen molar-refractivity contribution in [3.63, 3.8) is 0 Å². The molecule has 1 aromatic carbocycles. The van der Waals surface area contributed by atoms with Crippen molar-refractivity contribution in [1.29, 1.82) is 5.41 Å². The number of nitrogens with one attached hydrogen (secondary N) is 1. The molecule has 0 unspecified atom stereocenters. The fraction of sp³-hybridized carbons (Fsp3) is 0.0909. The van der Waals surface area contributed by atoms with Gasteiger partial charge in [-0.2, -0.15) is 0 Å². The Morgan fingerprint density at radius 1 is 1.23 bits per heavy atom. The van der Waals surface area contributed by atoms with Gasteiger partial charge in [-0.3, -0.25) is 4.98 Å². The van der Waals surface area contributed by atoms with Gasteiger partial charge in [-0.15, -0.1) is 0 Å². The van der Waals surface area contributed by atoms with Gasteiger partial charge in [0.05, 0.1) is 5.52 Å². The molecule has 2 nitrogen and oxygen atoms in total. The highest BCUT2D eigenvalue weighted by atomic mass is 14.6. The minimum Gasteiger partial charge on any atom is -0.313 e. The van der Waals surface area contributed by atoms with Crippen molar-refractivity contribution in [2.45, 2.75) is 6.42 Å². The molecule has 0 aliphatic rings. The summed E-state index contributed by atoms with van der Waals surface area (Å²) in [5, 5.41) is 8.22. The van der Waals surface area contributed by atoms with Crippen molar-refractivity contribution < 1.29 is 0 Å². The maximum atomic E-state index is 7.07.